The number of halogens is 1. The molecule has 4 rings (SSSR count). The molecule has 3 aromatic rings. The fourth-order valence-electron chi connectivity index (χ4n) is 3.64. The highest BCUT2D eigenvalue weighted by atomic mass is 32.2. The van der Waals surface area contributed by atoms with Crippen molar-refractivity contribution >= 4 is 33.3 Å². The number of rotatable bonds is 9. The van der Waals surface area contributed by atoms with E-state index in [4.69, 9.17) is 4.74 Å². The van der Waals surface area contributed by atoms with Gasteiger partial charge in [-0.05, 0) is 56.4 Å². The third-order valence-corrected chi connectivity index (χ3v) is 8.32. The molecule has 1 aliphatic rings. The van der Waals surface area contributed by atoms with Crippen molar-refractivity contribution in [3.8, 4) is 5.75 Å². The van der Waals surface area contributed by atoms with Crippen molar-refractivity contribution in [2.45, 2.75) is 50.2 Å². The average Bonchev–Trinajstić information content (AvgIpc) is 3.44. The van der Waals surface area contributed by atoms with Crippen LogP contribution in [0.4, 0.5) is 10.1 Å². The van der Waals surface area contributed by atoms with E-state index in [0.717, 1.165) is 46.0 Å². The predicted octanol–water partition coefficient (Wildman–Crippen LogP) is 3.68. The van der Waals surface area contributed by atoms with E-state index in [1.54, 1.807) is 18.4 Å². The number of fused-ring (bicyclic) bond motifs is 1. The average molecular weight is 491 g/mol. The lowest BCUT2D eigenvalue weighted by molar-refractivity contribution is 0.112. The van der Waals surface area contributed by atoms with E-state index in [0.29, 0.717) is 29.1 Å². The molecule has 0 saturated heterocycles. The molecule has 0 amide bonds. The minimum Gasteiger partial charge on any atom is -0.483 e. The number of carbonyl (C=O) groups is 1. The normalized spacial score (nSPS) is 14.0. The van der Waals surface area contributed by atoms with Crippen LogP contribution in [-0.4, -0.2) is 42.4 Å². The molecule has 1 atom stereocenters. The lowest BCUT2D eigenvalue weighted by Gasteiger charge is -2.26. The molecule has 0 saturated carbocycles. The fraction of sp³-hybridized carbons (Fsp3) is 0.364. The summed E-state index contributed by atoms with van der Waals surface area (Å²) in [4.78, 5) is 23.1. The van der Waals surface area contributed by atoms with Gasteiger partial charge in [0.15, 0.2) is 12.1 Å². The van der Waals surface area contributed by atoms with Crippen LogP contribution in [0.2, 0.25) is 0 Å². The van der Waals surface area contributed by atoms with Crippen molar-refractivity contribution in [1.82, 2.24) is 15.0 Å². The quantitative estimate of drug-likeness (QED) is 0.422. The molecule has 0 radical (unpaired) electrons. The maximum Gasteiger partial charge on any atom is 0.291 e. The Hall–Kier alpha value is -2.92. The van der Waals surface area contributed by atoms with Crippen molar-refractivity contribution in [1.29, 1.82) is 0 Å². The van der Waals surface area contributed by atoms with Gasteiger partial charge in [0.05, 0.1) is 17.8 Å². The Morgan fingerprint density at radius 3 is 2.55 bits per heavy atom. The fourth-order valence-corrected chi connectivity index (χ4v) is 6.31. The number of anilines is 1. The monoisotopic (exact) mass is 490 g/mol. The molecule has 0 fully saturated rings. The second kappa shape index (κ2) is 9.52. The molecule has 0 aliphatic heterocycles. The molecule has 0 unspecified atom stereocenters. The number of hydrogen-bond acceptors (Lipinski definition) is 8. The second-order valence-electron chi connectivity index (χ2n) is 7.85. The van der Waals surface area contributed by atoms with E-state index in [1.165, 1.54) is 19.3 Å². The van der Waals surface area contributed by atoms with Gasteiger partial charge in [0.25, 0.3) is 10.0 Å². The zero-order valence-corrected chi connectivity index (χ0v) is 19.8. The first-order chi connectivity index (χ1) is 15.8. The van der Waals surface area contributed by atoms with E-state index >= 15 is 0 Å². The van der Waals surface area contributed by atoms with Gasteiger partial charge in [-0.15, -0.1) is 11.3 Å². The van der Waals surface area contributed by atoms with E-state index < -0.39 is 16.2 Å². The summed E-state index contributed by atoms with van der Waals surface area (Å²) in [6.45, 7) is 2.60. The topological polar surface area (TPSA) is 102 Å². The number of hydrogen-bond donors (Lipinski definition) is 0. The van der Waals surface area contributed by atoms with E-state index in [-0.39, 0.29) is 23.2 Å². The molecule has 0 bridgehead atoms. The van der Waals surface area contributed by atoms with Crippen molar-refractivity contribution in [2.24, 2.45) is 0 Å². The predicted molar refractivity (Wildman–Crippen MR) is 122 cm³/mol. The summed E-state index contributed by atoms with van der Waals surface area (Å²) in [5, 5.41) is 1.64. The molecule has 0 spiro atoms. The number of benzene rings is 1. The maximum absolute atomic E-state index is 14.2. The van der Waals surface area contributed by atoms with Crippen LogP contribution >= 0.6 is 11.3 Å². The molecule has 2 heterocycles. The van der Waals surface area contributed by atoms with Crippen LogP contribution < -0.4 is 9.04 Å². The molecule has 8 nitrogen and oxygen atoms in total. The number of nitrogens with zero attached hydrogens (tertiary/aromatic N) is 4. The van der Waals surface area contributed by atoms with Crippen LogP contribution in [0.5, 0.6) is 5.75 Å². The standard InChI is InChI=1S/C22H23FN4O4S2/c1-14(23)10-27(33(29,30)22-26-15(2)13-32-22)19-6-17-4-3-5-18(17)7-20(19)31-12-21-24-8-16(11-28)9-25-21/h6-9,11,13-14H,3-5,10,12H2,1-2H3/t14-/m0/s1. The SMILES string of the molecule is Cc1csc(S(=O)(=O)N(C[C@H](C)F)c2cc3c(cc2OCc2ncc(C=O)cn2)CCC3)n1. The highest BCUT2D eigenvalue weighted by Crippen LogP contribution is 2.39. The first kappa shape index (κ1) is 23.2. The summed E-state index contributed by atoms with van der Waals surface area (Å²) in [7, 11) is -4.11. The Balaban J connectivity index is 1.74. The number of aromatic nitrogens is 3. The molecule has 174 valence electrons. The number of ether oxygens (including phenoxy) is 1. The van der Waals surface area contributed by atoms with E-state index in [1.807, 2.05) is 6.07 Å². The van der Waals surface area contributed by atoms with Gasteiger partial charge in [-0.2, -0.15) is 8.42 Å². The summed E-state index contributed by atoms with van der Waals surface area (Å²) in [5.41, 5.74) is 3.27. The number of alkyl halides is 1. The molecule has 11 heteroatoms. The van der Waals surface area contributed by atoms with Gasteiger partial charge in [0.1, 0.15) is 18.5 Å². The minimum atomic E-state index is -4.11. The number of thiazole rings is 1. The Labute approximate surface area is 195 Å². The van der Waals surface area contributed by atoms with Crippen LogP contribution in [0.1, 0.15) is 46.3 Å². The molecule has 33 heavy (non-hydrogen) atoms. The van der Waals surface area contributed by atoms with Crippen molar-refractivity contribution < 1.29 is 22.3 Å². The van der Waals surface area contributed by atoms with Gasteiger partial charge >= 0.3 is 0 Å². The minimum absolute atomic E-state index is 0.0413. The highest BCUT2D eigenvalue weighted by molar-refractivity contribution is 7.94. The van der Waals surface area contributed by atoms with Gasteiger partial charge in [-0.3, -0.25) is 9.10 Å². The van der Waals surface area contributed by atoms with Crippen molar-refractivity contribution in [3.63, 3.8) is 0 Å². The third-order valence-electron chi connectivity index (χ3n) is 5.19. The van der Waals surface area contributed by atoms with Crippen LogP contribution in [0.25, 0.3) is 0 Å². The van der Waals surface area contributed by atoms with Crippen molar-refractivity contribution in [2.75, 3.05) is 10.8 Å². The molecule has 0 N–H and O–H groups in total. The zero-order chi connectivity index (χ0) is 23.6. The van der Waals surface area contributed by atoms with Crippen LogP contribution in [0, 0.1) is 6.92 Å². The van der Waals surface area contributed by atoms with Crippen LogP contribution in [-0.2, 0) is 29.5 Å². The van der Waals surface area contributed by atoms with Gasteiger partial charge in [0, 0.05) is 23.5 Å². The van der Waals surface area contributed by atoms with E-state index in [2.05, 4.69) is 15.0 Å². The summed E-state index contributed by atoms with van der Waals surface area (Å²) < 4.78 is 48.1. The summed E-state index contributed by atoms with van der Waals surface area (Å²) in [6, 6.07) is 3.59. The molecular formula is C22H23FN4O4S2. The van der Waals surface area contributed by atoms with Crippen molar-refractivity contribution in [3.05, 3.63) is 58.1 Å². The first-order valence-electron chi connectivity index (χ1n) is 10.4. The number of aldehydes is 1. The largest absolute Gasteiger partial charge is 0.483 e. The van der Waals surface area contributed by atoms with Gasteiger partial charge < -0.3 is 4.74 Å². The van der Waals surface area contributed by atoms with E-state index in [9.17, 15) is 17.6 Å². The van der Waals surface area contributed by atoms with Crippen LogP contribution in [0.3, 0.4) is 0 Å². The van der Waals surface area contributed by atoms with Crippen LogP contribution in [0.15, 0.2) is 34.2 Å². The number of sulfonamides is 1. The first-order valence-corrected chi connectivity index (χ1v) is 12.7. The maximum atomic E-state index is 14.2. The Morgan fingerprint density at radius 2 is 1.94 bits per heavy atom. The number of aryl methyl sites for hydroxylation is 3. The molecule has 1 aromatic carbocycles. The Kier molecular flexibility index (Phi) is 6.71. The Morgan fingerprint density at radius 1 is 1.24 bits per heavy atom. The summed E-state index contributed by atoms with van der Waals surface area (Å²) >= 11 is 0.999. The lowest BCUT2D eigenvalue weighted by Crippen LogP contribution is -2.36. The van der Waals surface area contributed by atoms with Gasteiger partial charge in [0.2, 0.25) is 4.34 Å². The molecular weight excluding hydrogens is 467 g/mol. The zero-order valence-electron chi connectivity index (χ0n) is 18.2. The third kappa shape index (κ3) is 5.03. The summed E-state index contributed by atoms with van der Waals surface area (Å²) in [5.74, 6) is 0.632. The summed E-state index contributed by atoms with van der Waals surface area (Å²) in [6.07, 6.45) is 4.62. The number of carbonyl (C=O) groups excluding carboxylic acids is 1. The lowest BCUT2D eigenvalue weighted by atomic mass is 10.1. The smallest absolute Gasteiger partial charge is 0.291 e. The van der Waals surface area contributed by atoms with Gasteiger partial charge in [-0.1, -0.05) is 0 Å². The Bertz CT molecular complexity index is 1260. The highest BCUT2D eigenvalue weighted by Gasteiger charge is 2.32. The molecule has 2 aromatic heterocycles. The second-order valence-corrected chi connectivity index (χ2v) is 10.7. The van der Waals surface area contributed by atoms with Gasteiger partial charge in [-0.25, -0.2) is 19.3 Å². The molecule has 1 aliphatic carbocycles.